The molecule has 0 fully saturated rings. The molecule has 0 spiro atoms. The predicted molar refractivity (Wildman–Crippen MR) is 74.9 cm³/mol. The number of fused-ring (bicyclic) bond motifs is 1. The first kappa shape index (κ1) is 13.0. The van der Waals surface area contributed by atoms with Gasteiger partial charge in [0, 0.05) is 12.1 Å². The van der Waals surface area contributed by atoms with Crippen LogP contribution in [0.4, 0.5) is 0 Å². The van der Waals surface area contributed by atoms with Crippen molar-refractivity contribution in [3.05, 3.63) is 59.2 Å². The zero-order valence-corrected chi connectivity index (χ0v) is 11.1. The monoisotopic (exact) mass is 280 g/mol. The third-order valence-corrected chi connectivity index (χ3v) is 3.14. The van der Waals surface area contributed by atoms with E-state index in [-0.39, 0.29) is 12.7 Å². The lowest BCUT2D eigenvalue weighted by Gasteiger charge is -2.06. The number of rotatable bonds is 3. The fourth-order valence-corrected chi connectivity index (χ4v) is 2.07. The molecule has 3 rings (SSSR count). The van der Waals surface area contributed by atoms with Gasteiger partial charge in [-0.2, -0.15) is 5.26 Å². The zero-order valence-electron chi connectivity index (χ0n) is 11.1. The Balaban J connectivity index is 1.67. The Hall–Kier alpha value is -3.00. The maximum atomic E-state index is 12.0. The second kappa shape index (κ2) is 5.55. The van der Waals surface area contributed by atoms with Gasteiger partial charge in [0.15, 0.2) is 11.5 Å². The SMILES string of the molecule is N#Cc1cccc(C(=O)NCc2ccc3c(c2)OCO3)c1. The lowest BCUT2D eigenvalue weighted by Crippen LogP contribution is -2.22. The van der Waals surface area contributed by atoms with Gasteiger partial charge in [0.05, 0.1) is 11.6 Å². The van der Waals surface area contributed by atoms with Gasteiger partial charge in [-0.3, -0.25) is 4.79 Å². The van der Waals surface area contributed by atoms with Gasteiger partial charge in [0.25, 0.3) is 5.91 Å². The lowest BCUT2D eigenvalue weighted by atomic mass is 10.1. The molecule has 0 saturated heterocycles. The summed E-state index contributed by atoms with van der Waals surface area (Å²) < 4.78 is 10.5. The van der Waals surface area contributed by atoms with Crippen LogP contribution in [0.2, 0.25) is 0 Å². The van der Waals surface area contributed by atoms with Crippen molar-refractivity contribution in [2.45, 2.75) is 6.54 Å². The van der Waals surface area contributed by atoms with Crippen molar-refractivity contribution < 1.29 is 14.3 Å². The Morgan fingerprint density at radius 2 is 2.05 bits per heavy atom. The molecule has 0 aliphatic carbocycles. The standard InChI is InChI=1S/C16H12N2O3/c17-8-11-2-1-3-13(6-11)16(19)18-9-12-4-5-14-15(7-12)21-10-20-14/h1-7H,9-10H2,(H,18,19). The van der Waals surface area contributed by atoms with Crippen LogP contribution in [0, 0.1) is 11.3 Å². The molecule has 5 nitrogen and oxygen atoms in total. The summed E-state index contributed by atoms with van der Waals surface area (Å²) in [6.07, 6.45) is 0. The largest absolute Gasteiger partial charge is 0.454 e. The molecule has 1 amide bonds. The van der Waals surface area contributed by atoms with E-state index in [1.807, 2.05) is 24.3 Å². The minimum atomic E-state index is -0.218. The van der Waals surface area contributed by atoms with Crippen LogP contribution in [0.3, 0.4) is 0 Å². The second-order valence-electron chi connectivity index (χ2n) is 4.56. The molecular weight excluding hydrogens is 268 g/mol. The van der Waals surface area contributed by atoms with Crippen LogP contribution in [-0.4, -0.2) is 12.7 Å². The van der Waals surface area contributed by atoms with Gasteiger partial charge in [0.1, 0.15) is 0 Å². The molecule has 2 aromatic carbocycles. The van der Waals surface area contributed by atoms with Gasteiger partial charge in [-0.05, 0) is 35.9 Å². The highest BCUT2D eigenvalue weighted by atomic mass is 16.7. The van der Waals surface area contributed by atoms with Crippen molar-refractivity contribution in [1.82, 2.24) is 5.32 Å². The molecule has 21 heavy (non-hydrogen) atoms. The molecule has 5 heteroatoms. The summed E-state index contributed by atoms with van der Waals surface area (Å²) in [5, 5.41) is 11.6. The van der Waals surface area contributed by atoms with Gasteiger partial charge in [0.2, 0.25) is 6.79 Å². The van der Waals surface area contributed by atoms with Gasteiger partial charge >= 0.3 is 0 Å². The molecule has 0 unspecified atom stereocenters. The van der Waals surface area contributed by atoms with Crippen LogP contribution in [0.25, 0.3) is 0 Å². The highest BCUT2D eigenvalue weighted by Gasteiger charge is 2.13. The van der Waals surface area contributed by atoms with E-state index >= 15 is 0 Å². The quantitative estimate of drug-likeness (QED) is 0.935. The summed E-state index contributed by atoms with van der Waals surface area (Å²) in [7, 11) is 0. The number of carbonyl (C=O) groups is 1. The number of benzene rings is 2. The van der Waals surface area contributed by atoms with E-state index in [0.717, 1.165) is 5.56 Å². The molecule has 0 radical (unpaired) electrons. The van der Waals surface area contributed by atoms with Crippen LogP contribution in [0.15, 0.2) is 42.5 Å². The summed E-state index contributed by atoms with van der Waals surface area (Å²) in [6.45, 7) is 0.609. The summed E-state index contributed by atoms with van der Waals surface area (Å²) in [6, 6.07) is 14.1. The number of nitriles is 1. The van der Waals surface area contributed by atoms with Crippen molar-refractivity contribution in [3.63, 3.8) is 0 Å². The van der Waals surface area contributed by atoms with Crippen LogP contribution in [0.1, 0.15) is 21.5 Å². The molecule has 0 atom stereocenters. The molecule has 104 valence electrons. The normalized spacial score (nSPS) is 11.8. The number of hydrogen-bond acceptors (Lipinski definition) is 4. The molecular formula is C16H12N2O3. The van der Waals surface area contributed by atoms with Crippen molar-refractivity contribution in [2.24, 2.45) is 0 Å². The first-order chi connectivity index (χ1) is 10.3. The van der Waals surface area contributed by atoms with Crippen LogP contribution < -0.4 is 14.8 Å². The van der Waals surface area contributed by atoms with Crippen molar-refractivity contribution >= 4 is 5.91 Å². The summed E-state index contributed by atoms with van der Waals surface area (Å²) in [5.41, 5.74) is 1.85. The Labute approximate surface area is 121 Å². The summed E-state index contributed by atoms with van der Waals surface area (Å²) in [5.74, 6) is 1.18. The maximum absolute atomic E-state index is 12.0. The number of nitrogens with one attached hydrogen (secondary N) is 1. The van der Waals surface area contributed by atoms with E-state index in [0.29, 0.717) is 29.2 Å². The Bertz CT molecular complexity index is 735. The van der Waals surface area contributed by atoms with E-state index in [9.17, 15) is 4.79 Å². The molecule has 2 aromatic rings. The van der Waals surface area contributed by atoms with E-state index < -0.39 is 0 Å². The van der Waals surface area contributed by atoms with Gasteiger partial charge in [-0.25, -0.2) is 0 Å². The van der Waals surface area contributed by atoms with Crippen molar-refractivity contribution in [3.8, 4) is 17.6 Å². The lowest BCUT2D eigenvalue weighted by molar-refractivity contribution is 0.0951. The highest BCUT2D eigenvalue weighted by molar-refractivity contribution is 5.94. The van der Waals surface area contributed by atoms with Gasteiger partial charge < -0.3 is 14.8 Å². The molecule has 0 saturated carbocycles. The number of amides is 1. The molecule has 0 bridgehead atoms. The van der Waals surface area contributed by atoms with E-state index in [1.165, 1.54) is 0 Å². The Kier molecular flexibility index (Phi) is 3.44. The number of hydrogen-bond donors (Lipinski definition) is 1. The fourth-order valence-electron chi connectivity index (χ4n) is 2.07. The fraction of sp³-hybridized carbons (Fsp3) is 0.125. The second-order valence-corrected chi connectivity index (χ2v) is 4.56. The Morgan fingerprint density at radius 3 is 2.90 bits per heavy atom. The summed E-state index contributed by atoms with van der Waals surface area (Å²) in [4.78, 5) is 12.0. The molecule has 1 N–H and O–H groups in total. The third kappa shape index (κ3) is 2.79. The van der Waals surface area contributed by atoms with Crippen molar-refractivity contribution in [2.75, 3.05) is 6.79 Å². The van der Waals surface area contributed by atoms with Gasteiger partial charge in [-0.15, -0.1) is 0 Å². The van der Waals surface area contributed by atoms with Gasteiger partial charge in [-0.1, -0.05) is 12.1 Å². The van der Waals surface area contributed by atoms with E-state index in [2.05, 4.69) is 5.32 Å². The van der Waals surface area contributed by atoms with Crippen LogP contribution in [0.5, 0.6) is 11.5 Å². The minimum Gasteiger partial charge on any atom is -0.454 e. The zero-order chi connectivity index (χ0) is 14.7. The number of nitrogens with zero attached hydrogens (tertiary/aromatic N) is 1. The molecule has 1 aliphatic heterocycles. The van der Waals surface area contributed by atoms with Crippen molar-refractivity contribution in [1.29, 1.82) is 5.26 Å². The predicted octanol–water partition coefficient (Wildman–Crippen LogP) is 2.22. The smallest absolute Gasteiger partial charge is 0.251 e. The minimum absolute atomic E-state index is 0.218. The van der Waals surface area contributed by atoms with Crippen LogP contribution in [-0.2, 0) is 6.54 Å². The highest BCUT2D eigenvalue weighted by Crippen LogP contribution is 2.32. The number of carbonyl (C=O) groups excluding carboxylic acids is 1. The number of ether oxygens (including phenoxy) is 2. The molecule has 1 heterocycles. The maximum Gasteiger partial charge on any atom is 0.251 e. The Morgan fingerprint density at radius 1 is 1.19 bits per heavy atom. The van der Waals surface area contributed by atoms with E-state index in [1.54, 1.807) is 24.3 Å². The third-order valence-electron chi connectivity index (χ3n) is 3.14. The average molecular weight is 280 g/mol. The van der Waals surface area contributed by atoms with E-state index in [4.69, 9.17) is 14.7 Å². The first-order valence-electron chi connectivity index (χ1n) is 6.43. The average Bonchev–Trinajstić information content (AvgIpc) is 3.00. The van der Waals surface area contributed by atoms with Crippen LogP contribution >= 0.6 is 0 Å². The topological polar surface area (TPSA) is 71.4 Å². The molecule has 1 aliphatic rings. The molecule has 0 aromatic heterocycles. The first-order valence-corrected chi connectivity index (χ1v) is 6.43. The summed E-state index contributed by atoms with van der Waals surface area (Å²) >= 11 is 0.